The standard InChI is InChI=1S/C21H22ClF3N4O3.C8H12F2O3.C7H10F2O3.C7H12O3.C2HF3O4S/c22-14-7-12(3-4-15(14)23)19-18(20(26)31)16-9-28(5-6-29(16)27-19)17(30)8-11-1-2-13(11)10-32-21(24)25;1-12-7(11)6-3-2-5(6)4-13-8(9)10;8-7(9)12-3-4-1-2-5(4)6(10)11;1-10-7(9)6-3-2-5(6)4-8;3-2(4,1(6)7)10(5,8)9/h3-4,7,11,13,21H,1-2,5-6,8-10H2,(H2,26,31);5-6,8H,2-4H2,1H3;4-5,7H,1-3H2,(H,10,11);5-6,8H,2-4H2,1H3;(H,6,7)/t11-,13?;5-,6?;4-,5?;5-,6?;/m0000./s1. The van der Waals surface area contributed by atoms with Crippen molar-refractivity contribution in [3.8, 4) is 11.3 Å². The number of aromatic nitrogens is 2. The zero-order valence-electron chi connectivity index (χ0n) is 41.0. The topological polar surface area (TPSA) is 290 Å². The molecule has 2 aromatic rings. The first-order chi connectivity index (χ1) is 36.0. The number of aliphatic hydroxyl groups is 1. The summed E-state index contributed by atoms with van der Waals surface area (Å²) in [5.74, 6) is -6.85. The SMILES string of the molecule is COC(=O)C1CC[C@H]1CO.COC(=O)C1CC[C@H]1COC(F)F.NC(=O)c1c(-c2ccc(F)c(Cl)c2)nn2c1CN(C(=O)C[C@@H]1CCC1COC(F)F)CC2.O=C(O)C(F)(F)S(=O)(=O)F.O=C(O)C1CC[C@H]1COC(F)F. The molecule has 7 rings (SSSR count). The second kappa shape index (κ2) is 30.1. The number of nitrogens with zero attached hydrogens (tertiary/aromatic N) is 3. The molecule has 8 atom stereocenters. The number of aliphatic hydroxyl groups excluding tert-OH is 1. The lowest BCUT2D eigenvalue weighted by Crippen LogP contribution is -2.42. The number of nitrogens with two attached hydrogens (primary N) is 1. The molecular formula is C45H57ClF10N4O16S. The third kappa shape index (κ3) is 18.9. The van der Waals surface area contributed by atoms with E-state index in [2.05, 4.69) is 28.8 Å². The first-order valence-corrected chi connectivity index (χ1v) is 25.1. The van der Waals surface area contributed by atoms with Crippen LogP contribution >= 0.6 is 11.6 Å². The fraction of sp³-hybridized carbons (Fsp3) is 0.667. The van der Waals surface area contributed by atoms with Gasteiger partial charge < -0.3 is 49.6 Å². The Hall–Kier alpha value is -5.37. The van der Waals surface area contributed by atoms with E-state index in [0.717, 1.165) is 32.1 Å². The first-order valence-electron chi connectivity index (χ1n) is 23.4. The smallest absolute Gasteiger partial charge is 0.470 e. The number of carbonyl (C=O) groups excluding carboxylic acids is 4. The number of alkyl halides is 8. The normalized spacial score (nSPS) is 23.2. The average Bonchev–Trinajstić information content (AvgIpc) is 3.70. The number of methoxy groups -OCH3 is 2. The maximum absolute atomic E-state index is 13.6. The van der Waals surface area contributed by atoms with Gasteiger partial charge in [0.05, 0.1) is 81.2 Å². The third-order valence-corrected chi connectivity index (χ3v) is 14.5. The van der Waals surface area contributed by atoms with Gasteiger partial charge in [-0.1, -0.05) is 15.5 Å². The summed E-state index contributed by atoms with van der Waals surface area (Å²) in [5, 5.41) is 23.6. The molecule has 0 spiro atoms. The van der Waals surface area contributed by atoms with Gasteiger partial charge in [-0.25, -0.2) is 9.18 Å². The summed E-state index contributed by atoms with van der Waals surface area (Å²) in [6, 6.07) is 4.02. The number of benzene rings is 1. The predicted molar refractivity (Wildman–Crippen MR) is 243 cm³/mol. The lowest BCUT2D eigenvalue weighted by Gasteiger charge is -2.37. The van der Waals surface area contributed by atoms with Crippen molar-refractivity contribution in [3.63, 3.8) is 0 Å². The molecule has 0 radical (unpaired) electrons. The van der Waals surface area contributed by atoms with E-state index in [4.69, 9.17) is 32.7 Å². The molecule has 436 valence electrons. The number of ether oxygens (including phenoxy) is 5. The number of carboxylic acid groups (broad SMARTS) is 2. The molecule has 4 aliphatic carbocycles. The molecule has 77 heavy (non-hydrogen) atoms. The zero-order chi connectivity index (χ0) is 58.1. The molecule has 1 aliphatic heterocycles. The van der Waals surface area contributed by atoms with Crippen LogP contribution in [0.5, 0.6) is 0 Å². The van der Waals surface area contributed by atoms with E-state index >= 15 is 0 Å². The third-order valence-electron chi connectivity index (χ3n) is 13.5. The number of aliphatic carboxylic acids is 2. The maximum Gasteiger partial charge on any atom is 0.470 e. The van der Waals surface area contributed by atoms with Crippen LogP contribution in [-0.4, -0.2) is 146 Å². The number of carbonyl (C=O) groups is 6. The Morgan fingerprint density at radius 1 is 0.753 bits per heavy atom. The Morgan fingerprint density at radius 2 is 1.22 bits per heavy atom. The number of rotatable bonds is 19. The van der Waals surface area contributed by atoms with E-state index in [1.165, 1.54) is 32.4 Å². The number of halogens is 11. The summed E-state index contributed by atoms with van der Waals surface area (Å²) < 4.78 is 160. The summed E-state index contributed by atoms with van der Waals surface area (Å²) in [6.45, 7) is -7.61. The molecule has 0 bridgehead atoms. The highest BCUT2D eigenvalue weighted by atomic mass is 35.5. The quantitative estimate of drug-likeness (QED) is 0.0678. The van der Waals surface area contributed by atoms with Gasteiger partial charge >= 0.3 is 59.2 Å². The van der Waals surface area contributed by atoms with Gasteiger partial charge in [0.25, 0.3) is 5.91 Å². The molecule has 4 unspecified atom stereocenters. The van der Waals surface area contributed by atoms with Gasteiger partial charge in [0.1, 0.15) is 11.5 Å². The zero-order valence-corrected chi connectivity index (χ0v) is 42.6. The summed E-state index contributed by atoms with van der Waals surface area (Å²) in [6.07, 6.45) is 6.32. The van der Waals surface area contributed by atoms with E-state index < -0.39 is 64.9 Å². The van der Waals surface area contributed by atoms with E-state index in [0.29, 0.717) is 43.6 Å². The summed E-state index contributed by atoms with van der Waals surface area (Å²) in [4.78, 5) is 68.2. The maximum atomic E-state index is 13.6. The number of fused-ring (bicyclic) bond motifs is 1. The number of primary amides is 1. The lowest BCUT2D eigenvalue weighted by atomic mass is 9.72. The van der Waals surface area contributed by atoms with Crippen molar-refractivity contribution >= 4 is 57.5 Å². The van der Waals surface area contributed by atoms with Crippen LogP contribution in [0.4, 0.5) is 43.4 Å². The number of hydrogen-bond donors (Lipinski definition) is 4. The highest BCUT2D eigenvalue weighted by Gasteiger charge is 2.54. The van der Waals surface area contributed by atoms with Gasteiger partial charge in [-0.3, -0.25) is 28.7 Å². The van der Waals surface area contributed by atoms with Crippen LogP contribution in [0.3, 0.4) is 0 Å². The summed E-state index contributed by atoms with van der Waals surface area (Å²) in [7, 11) is -3.65. The molecule has 4 saturated carbocycles. The number of esters is 2. The molecule has 32 heteroatoms. The van der Waals surface area contributed by atoms with Gasteiger partial charge in [-0.15, -0.1) is 0 Å². The van der Waals surface area contributed by atoms with Gasteiger partial charge in [-0.05, 0) is 99.2 Å². The van der Waals surface area contributed by atoms with Gasteiger partial charge in [0.2, 0.25) is 5.91 Å². The van der Waals surface area contributed by atoms with Crippen molar-refractivity contribution < 1.29 is 120 Å². The molecule has 1 aromatic heterocycles. The van der Waals surface area contributed by atoms with Gasteiger partial charge in [-0.2, -0.15) is 48.6 Å². The summed E-state index contributed by atoms with van der Waals surface area (Å²) in [5.41, 5.74) is 7.01. The largest absolute Gasteiger partial charge is 0.481 e. The molecule has 1 aromatic carbocycles. The van der Waals surface area contributed by atoms with Crippen LogP contribution in [-0.2, 0) is 71.0 Å². The van der Waals surface area contributed by atoms with Crippen molar-refractivity contribution in [2.45, 2.75) is 96.0 Å². The number of carboxylic acids is 2. The first kappa shape index (κ1) is 65.9. The van der Waals surface area contributed by atoms with Crippen LogP contribution in [0, 0.1) is 53.2 Å². The molecule has 0 saturated heterocycles. The lowest BCUT2D eigenvalue weighted by molar-refractivity contribution is -0.167. The minimum absolute atomic E-state index is 0.000570. The molecule has 4 fully saturated rings. The van der Waals surface area contributed by atoms with Crippen LogP contribution in [0.25, 0.3) is 11.3 Å². The molecular weight excluding hydrogens is 1110 g/mol. The monoisotopic (exact) mass is 1170 g/mol. The second-order valence-corrected chi connectivity index (χ2v) is 19.7. The minimum atomic E-state index is -6.33. The van der Waals surface area contributed by atoms with E-state index in [-0.39, 0.29) is 115 Å². The van der Waals surface area contributed by atoms with E-state index in [9.17, 15) is 80.6 Å². The number of amides is 2. The van der Waals surface area contributed by atoms with Crippen molar-refractivity contribution in [2.75, 3.05) is 47.2 Å². The molecule has 2 amide bonds. The highest BCUT2D eigenvalue weighted by Crippen LogP contribution is 2.39. The molecule has 2 heterocycles. The Labute approximate surface area is 438 Å². The van der Waals surface area contributed by atoms with Crippen LogP contribution in [0.2, 0.25) is 5.02 Å². The van der Waals surface area contributed by atoms with E-state index in [1.807, 2.05) is 0 Å². The van der Waals surface area contributed by atoms with E-state index in [1.54, 1.807) is 9.58 Å². The van der Waals surface area contributed by atoms with Crippen molar-refractivity contribution in [1.29, 1.82) is 0 Å². The molecule has 5 aliphatic rings. The Morgan fingerprint density at radius 3 is 1.58 bits per heavy atom. The Kier molecular flexibility index (Phi) is 25.8. The average molecular weight is 1170 g/mol. The van der Waals surface area contributed by atoms with Crippen LogP contribution in [0.15, 0.2) is 18.2 Å². The molecule has 5 N–H and O–H groups in total. The second-order valence-electron chi connectivity index (χ2n) is 17.9. The van der Waals surface area contributed by atoms with Crippen molar-refractivity contribution in [1.82, 2.24) is 14.7 Å². The highest BCUT2D eigenvalue weighted by molar-refractivity contribution is 7.88. The van der Waals surface area contributed by atoms with Crippen LogP contribution < -0.4 is 5.73 Å². The Balaban J connectivity index is 0.000000286. The number of hydrogen-bond acceptors (Lipinski definition) is 15. The molecule has 20 nitrogen and oxygen atoms in total. The van der Waals surface area contributed by atoms with Crippen molar-refractivity contribution in [2.24, 2.45) is 53.1 Å². The summed E-state index contributed by atoms with van der Waals surface area (Å²) >= 11 is 5.88. The van der Waals surface area contributed by atoms with Crippen LogP contribution in [0.1, 0.15) is 73.8 Å². The van der Waals surface area contributed by atoms with Crippen molar-refractivity contribution in [3.05, 3.63) is 40.3 Å². The van der Waals surface area contributed by atoms with Gasteiger partial charge in [0, 0.05) is 25.1 Å². The fourth-order valence-corrected chi connectivity index (χ4v) is 8.77. The Bertz CT molecular complexity index is 2440. The predicted octanol–water partition coefficient (Wildman–Crippen LogP) is 6.34. The minimum Gasteiger partial charge on any atom is -0.481 e. The van der Waals surface area contributed by atoms with Gasteiger partial charge in [0.15, 0.2) is 0 Å². The fourth-order valence-electron chi connectivity index (χ4n) is 8.38.